The first kappa shape index (κ1) is 15.2. The summed E-state index contributed by atoms with van der Waals surface area (Å²) in [7, 11) is 1.56. The number of para-hydroxylation sites is 2. The minimum Gasteiger partial charge on any atom is -0.493 e. The zero-order valence-corrected chi connectivity index (χ0v) is 12.6. The second-order valence-electron chi connectivity index (χ2n) is 4.41. The Morgan fingerprint density at radius 1 is 1.10 bits per heavy atom. The molecule has 0 aliphatic rings. The summed E-state index contributed by atoms with van der Waals surface area (Å²) >= 11 is 5.80. The molecule has 0 bridgehead atoms. The molecule has 0 aliphatic heterocycles. The number of halogens is 1. The van der Waals surface area contributed by atoms with Crippen LogP contribution in [-0.2, 0) is 4.79 Å². The molecule has 1 N–H and O–H groups in total. The van der Waals surface area contributed by atoms with Crippen LogP contribution in [0.4, 0.5) is 5.69 Å². The van der Waals surface area contributed by atoms with Gasteiger partial charge in [0.25, 0.3) is 5.91 Å². The molecule has 0 heterocycles. The van der Waals surface area contributed by atoms with Gasteiger partial charge in [0.05, 0.1) is 7.11 Å². The lowest BCUT2D eigenvalue weighted by Crippen LogP contribution is -2.30. The molecular formula is C16H16ClNO3. The van der Waals surface area contributed by atoms with Crippen LogP contribution in [0.2, 0.25) is 5.02 Å². The van der Waals surface area contributed by atoms with Gasteiger partial charge in [0.15, 0.2) is 17.6 Å². The maximum atomic E-state index is 12.1. The normalized spacial score (nSPS) is 11.6. The van der Waals surface area contributed by atoms with Crippen LogP contribution in [0, 0.1) is 0 Å². The molecule has 1 atom stereocenters. The van der Waals surface area contributed by atoms with Crippen molar-refractivity contribution in [2.45, 2.75) is 13.0 Å². The molecule has 0 saturated carbocycles. The molecule has 0 unspecified atom stereocenters. The Morgan fingerprint density at radius 2 is 1.71 bits per heavy atom. The quantitative estimate of drug-likeness (QED) is 0.915. The zero-order chi connectivity index (χ0) is 15.2. The standard InChI is InChI=1S/C16H16ClNO3/c1-11(21-15-6-4-3-5-14(15)20-2)16(19)18-13-9-7-12(17)8-10-13/h3-11H,1-2H3,(H,18,19)/t11-/m1/s1. The summed E-state index contributed by atoms with van der Waals surface area (Å²) in [5.41, 5.74) is 0.667. The van der Waals surface area contributed by atoms with Crippen LogP contribution in [-0.4, -0.2) is 19.1 Å². The summed E-state index contributed by atoms with van der Waals surface area (Å²) in [5.74, 6) is 0.866. The Balaban J connectivity index is 2.01. The smallest absolute Gasteiger partial charge is 0.265 e. The van der Waals surface area contributed by atoms with Crippen molar-refractivity contribution in [1.82, 2.24) is 0 Å². The third-order valence-corrected chi connectivity index (χ3v) is 3.11. The molecule has 2 rings (SSSR count). The number of ether oxygens (including phenoxy) is 2. The van der Waals surface area contributed by atoms with Gasteiger partial charge in [-0.15, -0.1) is 0 Å². The zero-order valence-electron chi connectivity index (χ0n) is 11.8. The summed E-state index contributed by atoms with van der Waals surface area (Å²) in [4.78, 5) is 12.1. The minimum atomic E-state index is -0.656. The van der Waals surface area contributed by atoms with E-state index in [0.29, 0.717) is 22.2 Å². The van der Waals surface area contributed by atoms with E-state index < -0.39 is 6.10 Å². The van der Waals surface area contributed by atoms with Crippen molar-refractivity contribution in [2.75, 3.05) is 12.4 Å². The first-order valence-corrected chi connectivity index (χ1v) is 6.84. The number of anilines is 1. The Bertz CT molecular complexity index is 613. The summed E-state index contributed by atoms with van der Waals surface area (Å²) in [6, 6.07) is 14.1. The second kappa shape index (κ2) is 6.99. The molecule has 0 saturated heterocycles. The van der Waals surface area contributed by atoms with Gasteiger partial charge in [0, 0.05) is 10.7 Å². The molecule has 110 valence electrons. The van der Waals surface area contributed by atoms with Crippen LogP contribution in [0.5, 0.6) is 11.5 Å². The fraction of sp³-hybridized carbons (Fsp3) is 0.188. The molecule has 2 aromatic carbocycles. The van der Waals surface area contributed by atoms with Crippen molar-refractivity contribution < 1.29 is 14.3 Å². The molecule has 0 aliphatic carbocycles. The fourth-order valence-electron chi connectivity index (χ4n) is 1.74. The molecule has 0 radical (unpaired) electrons. The predicted octanol–water partition coefficient (Wildman–Crippen LogP) is 3.75. The number of benzene rings is 2. The average Bonchev–Trinajstić information content (AvgIpc) is 2.50. The molecule has 4 nitrogen and oxygen atoms in total. The predicted molar refractivity (Wildman–Crippen MR) is 83.2 cm³/mol. The highest BCUT2D eigenvalue weighted by atomic mass is 35.5. The van der Waals surface area contributed by atoms with Crippen molar-refractivity contribution in [2.24, 2.45) is 0 Å². The van der Waals surface area contributed by atoms with Gasteiger partial charge in [0.1, 0.15) is 0 Å². The van der Waals surface area contributed by atoms with E-state index in [-0.39, 0.29) is 5.91 Å². The van der Waals surface area contributed by atoms with E-state index in [2.05, 4.69) is 5.32 Å². The molecule has 21 heavy (non-hydrogen) atoms. The van der Waals surface area contributed by atoms with Gasteiger partial charge in [-0.25, -0.2) is 0 Å². The van der Waals surface area contributed by atoms with Crippen LogP contribution in [0.1, 0.15) is 6.92 Å². The average molecular weight is 306 g/mol. The lowest BCUT2D eigenvalue weighted by atomic mass is 10.3. The van der Waals surface area contributed by atoms with E-state index in [1.54, 1.807) is 50.4 Å². The summed E-state index contributed by atoms with van der Waals surface area (Å²) in [6.07, 6.45) is -0.656. The third-order valence-electron chi connectivity index (χ3n) is 2.85. The van der Waals surface area contributed by atoms with E-state index >= 15 is 0 Å². The monoisotopic (exact) mass is 305 g/mol. The molecular weight excluding hydrogens is 290 g/mol. The molecule has 0 aromatic heterocycles. The van der Waals surface area contributed by atoms with Gasteiger partial charge in [-0.2, -0.15) is 0 Å². The van der Waals surface area contributed by atoms with Gasteiger partial charge in [0.2, 0.25) is 0 Å². The molecule has 2 aromatic rings. The Hall–Kier alpha value is -2.20. The topological polar surface area (TPSA) is 47.6 Å². The molecule has 0 spiro atoms. The van der Waals surface area contributed by atoms with Crippen LogP contribution in [0.25, 0.3) is 0 Å². The number of amides is 1. The van der Waals surface area contributed by atoms with Gasteiger partial charge in [-0.3, -0.25) is 4.79 Å². The lowest BCUT2D eigenvalue weighted by molar-refractivity contribution is -0.122. The molecule has 5 heteroatoms. The number of hydrogen-bond donors (Lipinski definition) is 1. The second-order valence-corrected chi connectivity index (χ2v) is 4.84. The SMILES string of the molecule is COc1ccccc1O[C@H](C)C(=O)Nc1ccc(Cl)cc1. The van der Waals surface area contributed by atoms with Crippen molar-refractivity contribution in [3.8, 4) is 11.5 Å². The van der Waals surface area contributed by atoms with Gasteiger partial charge >= 0.3 is 0 Å². The highest BCUT2D eigenvalue weighted by Gasteiger charge is 2.16. The van der Waals surface area contributed by atoms with E-state index in [9.17, 15) is 4.79 Å². The number of methoxy groups -OCH3 is 1. The first-order chi connectivity index (χ1) is 10.1. The third kappa shape index (κ3) is 4.13. The molecule has 1 amide bonds. The number of nitrogens with one attached hydrogen (secondary N) is 1. The van der Waals surface area contributed by atoms with Crippen molar-refractivity contribution >= 4 is 23.2 Å². The minimum absolute atomic E-state index is 0.247. The van der Waals surface area contributed by atoms with E-state index in [1.165, 1.54) is 0 Å². The maximum absolute atomic E-state index is 12.1. The van der Waals surface area contributed by atoms with E-state index in [1.807, 2.05) is 12.1 Å². The van der Waals surface area contributed by atoms with Crippen LogP contribution >= 0.6 is 11.6 Å². The van der Waals surface area contributed by atoms with Gasteiger partial charge in [-0.05, 0) is 43.3 Å². The fourth-order valence-corrected chi connectivity index (χ4v) is 1.86. The van der Waals surface area contributed by atoms with Crippen molar-refractivity contribution in [3.05, 3.63) is 53.6 Å². The number of carbonyl (C=O) groups excluding carboxylic acids is 1. The highest BCUT2D eigenvalue weighted by Crippen LogP contribution is 2.27. The lowest BCUT2D eigenvalue weighted by Gasteiger charge is -2.16. The Labute approximate surface area is 128 Å². The Morgan fingerprint density at radius 3 is 2.33 bits per heavy atom. The summed E-state index contributed by atoms with van der Waals surface area (Å²) in [5, 5.41) is 3.38. The van der Waals surface area contributed by atoms with Crippen molar-refractivity contribution in [1.29, 1.82) is 0 Å². The van der Waals surface area contributed by atoms with Gasteiger partial charge < -0.3 is 14.8 Å². The van der Waals surface area contributed by atoms with Crippen LogP contribution in [0.3, 0.4) is 0 Å². The van der Waals surface area contributed by atoms with Crippen molar-refractivity contribution in [3.63, 3.8) is 0 Å². The highest BCUT2D eigenvalue weighted by molar-refractivity contribution is 6.30. The van der Waals surface area contributed by atoms with Crippen LogP contribution < -0.4 is 14.8 Å². The number of rotatable bonds is 5. The number of hydrogen-bond acceptors (Lipinski definition) is 3. The van der Waals surface area contributed by atoms with Crippen LogP contribution in [0.15, 0.2) is 48.5 Å². The maximum Gasteiger partial charge on any atom is 0.265 e. The summed E-state index contributed by atoms with van der Waals surface area (Å²) in [6.45, 7) is 1.68. The Kier molecular flexibility index (Phi) is 5.06. The largest absolute Gasteiger partial charge is 0.493 e. The van der Waals surface area contributed by atoms with Gasteiger partial charge in [-0.1, -0.05) is 23.7 Å². The van der Waals surface area contributed by atoms with E-state index in [0.717, 1.165) is 0 Å². The summed E-state index contributed by atoms with van der Waals surface area (Å²) < 4.78 is 10.8. The molecule has 0 fully saturated rings. The number of carbonyl (C=O) groups is 1. The van der Waals surface area contributed by atoms with E-state index in [4.69, 9.17) is 21.1 Å². The first-order valence-electron chi connectivity index (χ1n) is 6.46.